The number of phenols is 1. The molecule has 2 aliphatic heterocycles. The Bertz CT molecular complexity index is 1120. The highest BCUT2D eigenvalue weighted by atomic mass is 16.5. The zero-order valence-corrected chi connectivity index (χ0v) is 18.9. The lowest BCUT2D eigenvalue weighted by atomic mass is 9.87. The molecule has 2 heterocycles. The molecule has 6 heteroatoms. The van der Waals surface area contributed by atoms with Crippen LogP contribution in [0.5, 0.6) is 23.0 Å². The number of ether oxygens (including phenoxy) is 3. The largest absolute Gasteiger partial charge is 0.506 e. The van der Waals surface area contributed by atoms with Gasteiger partial charge in [0.1, 0.15) is 34.2 Å². The first-order valence-electron chi connectivity index (χ1n) is 10.6. The molecule has 32 heavy (non-hydrogen) atoms. The number of aliphatic hydroxyl groups is 1. The molecule has 0 radical (unpaired) electrons. The fourth-order valence-electron chi connectivity index (χ4n) is 3.99. The molecule has 2 N–H and O–H groups in total. The molecule has 2 aliphatic rings. The van der Waals surface area contributed by atoms with Crippen molar-refractivity contribution in [2.24, 2.45) is 0 Å². The number of benzene rings is 2. The van der Waals surface area contributed by atoms with Gasteiger partial charge in [-0.25, -0.2) is 0 Å². The van der Waals surface area contributed by atoms with Crippen LogP contribution >= 0.6 is 0 Å². The molecule has 2 atom stereocenters. The molecule has 0 fully saturated rings. The number of fused-ring (bicyclic) bond motifs is 2. The zero-order valence-electron chi connectivity index (χ0n) is 18.9. The van der Waals surface area contributed by atoms with Crippen LogP contribution in [-0.2, 0) is 6.42 Å². The van der Waals surface area contributed by atoms with Crippen molar-refractivity contribution in [1.82, 2.24) is 0 Å². The van der Waals surface area contributed by atoms with E-state index in [2.05, 4.69) is 0 Å². The third-order valence-corrected chi connectivity index (χ3v) is 5.73. The molecule has 0 unspecified atom stereocenters. The number of hydrogen-bond acceptors (Lipinski definition) is 6. The van der Waals surface area contributed by atoms with Gasteiger partial charge < -0.3 is 24.4 Å². The van der Waals surface area contributed by atoms with Crippen LogP contribution in [-0.4, -0.2) is 34.8 Å². The second-order valence-electron chi connectivity index (χ2n) is 8.92. The van der Waals surface area contributed by atoms with E-state index in [0.717, 1.165) is 5.57 Å². The lowest BCUT2D eigenvalue weighted by molar-refractivity contribution is 0.0204. The number of rotatable bonds is 4. The molecule has 6 nitrogen and oxygen atoms in total. The normalized spacial score (nSPS) is 20.5. The van der Waals surface area contributed by atoms with Crippen LogP contribution in [0.4, 0.5) is 0 Å². The Morgan fingerprint density at radius 2 is 1.88 bits per heavy atom. The van der Waals surface area contributed by atoms with Gasteiger partial charge in [-0.3, -0.25) is 4.79 Å². The standard InChI is InChI=1S/C26H28O6/c1-14(2)6-11-18-24-17(12-13-26(3,4)32-24)20(27)19-21(28)22(29)23(31-25(18)19)15-7-9-16(30-5)10-8-15/h6-10,12-13,22-23,27,29H,11H2,1-5H3/t22-,23-/m0/s1. The fourth-order valence-corrected chi connectivity index (χ4v) is 3.99. The Balaban J connectivity index is 1.91. The summed E-state index contributed by atoms with van der Waals surface area (Å²) in [6, 6.07) is 7.00. The second-order valence-corrected chi connectivity index (χ2v) is 8.92. The number of carbonyl (C=O) groups excluding carboxylic acids is 1. The van der Waals surface area contributed by atoms with Crippen molar-refractivity contribution in [1.29, 1.82) is 0 Å². The van der Waals surface area contributed by atoms with Crippen molar-refractivity contribution in [2.75, 3.05) is 7.11 Å². The summed E-state index contributed by atoms with van der Waals surface area (Å²) in [5.41, 5.74) is 2.23. The van der Waals surface area contributed by atoms with Crippen molar-refractivity contribution in [3.05, 3.63) is 64.2 Å². The molecular weight excluding hydrogens is 408 g/mol. The first kappa shape index (κ1) is 22.0. The van der Waals surface area contributed by atoms with Gasteiger partial charge in [-0.05, 0) is 64.0 Å². The van der Waals surface area contributed by atoms with Gasteiger partial charge in [-0.1, -0.05) is 23.8 Å². The van der Waals surface area contributed by atoms with E-state index in [1.165, 1.54) is 0 Å². The van der Waals surface area contributed by atoms with E-state index >= 15 is 0 Å². The lowest BCUT2D eigenvalue weighted by Gasteiger charge is -2.35. The van der Waals surface area contributed by atoms with Gasteiger partial charge in [0.2, 0.25) is 5.78 Å². The van der Waals surface area contributed by atoms with Crippen LogP contribution in [0.2, 0.25) is 0 Å². The van der Waals surface area contributed by atoms with E-state index < -0.39 is 23.6 Å². The minimum atomic E-state index is -1.46. The molecular formula is C26H28O6. The molecule has 0 amide bonds. The van der Waals surface area contributed by atoms with Crippen molar-refractivity contribution >= 4 is 11.9 Å². The van der Waals surface area contributed by atoms with Crippen molar-refractivity contribution in [3.63, 3.8) is 0 Å². The van der Waals surface area contributed by atoms with Gasteiger partial charge in [-0.2, -0.15) is 0 Å². The summed E-state index contributed by atoms with van der Waals surface area (Å²) in [5.74, 6) is 0.582. The van der Waals surface area contributed by atoms with E-state index in [-0.39, 0.29) is 17.1 Å². The number of Topliss-reactive ketones (excluding diaryl/α,β-unsaturated/α-hetero) is 1. The number of hydrogen-bond donors (Lipinski definition) is 2. The fraction of sp³-hybridized carbons (Fsp3) is 0.346. The van der Waals surface area contributed by atoms with Gasteiger partial charge in [0, 0.05) is 5.56 Å². The predicted octanol–water partition coefficient (Wildman–Crippen LogP) is 4.77. The zero-order chi connectivity index (χ0) is 23.2. The highest BCUT2D eigenvalue weighted by Gasteiger charge is 2.43. The Morgan fingerprint density at radius 1 is 1.19 bits per heavy atom. The molecule has 168 valence electrons. The third kappa shape index (κ3) is 3.75. The average Bonchev–Trinajstić information content (AvgIpc) is 2.75. The maximum absolute atomic E-state index is 13.3. The molecule has 0 saturated heterocycles. The number of ketones is 1. The first-order valence-corrected chi connectivity index (χ1v) is 10.6. The van der Waals surface area contributed by atoms with Gasteiger partial charge in [0.15, 0.2) is 12.2 Å². The van der Waals surface area contributed by atoms with E-state index in [1.54, 1.807) is 37.5 Å². The number of allylic oxidation sites excluding steroid dienone is 2. The summed E-state index contributed by atoms with van der Waals surface area (Å²) >= 11 is 0. The summed E-state index contributed by atoms with van der Waals surface area (Å²) in [6.07, 6.45) is 3.68. The van der Waals surface area contributed by atoms with Crippen LogP contribution in [0.15, 0.2) is 42.0 Å². The van der Waals surface area contributed by atoms with Gasteiger partial charge in [-0.15, -0.1) is 0 Å². The van der Waals surface area contributed by atoms with Crippen molar-refractivity contribution < 1.29 is 29.2 Å². The highest BCUT2D eigenvalue weighted by Crippen LogP contribution is 2.51. The summed E-state index contributed by atoms with van der Waals surface area (Å²) in [4.78, 5) is 13.3. The lowest BCUT2D eigenvalue weighted by Crippen LogP contribution is -2.37. The number of phenolic OH excluding ortho intramolecular Hbond substituents is 1. The minimum absolute atomic E-state index is 0.00822. The maximum Gasteiger partial charge on any atom is 0.202 e. The monoisotopic (exact) mass is 436 g/mol. The van der Waals surface area contributed by atoms with Crippen molar-refractivity contribution in [2.45, 2.75) is 51.9 Å². The summed E-state index contributed by atoms with van der Waals surface area (Å²) in [6.45, 7) is 7.81. The van der Waals surface area contributed by atoms with Crippen LogP contribution < -0.4 is 14.2 Å². The highest BCUT2D eigenvalue weighted by molar-refractivity contribution is 6.07. The molecule has 0 spiro atoms. The van der Waals surface area contributed by atoms with E-state index in [0.29, 0.717) is 34.6 Å². The Labute approximate surface area is 187 Å². The van der Waals surface area contributed by atoms with Gasteiger partial charge in [0.25, 0.3) is 0 Å². The summed E-state index contributed by atoms with van der Waals surface area (Å²) in [5, 5.41) is 21.8. The molecule has 4 rings (SSSR count). The summed E-state index contributed by atoms with van der Waals surface area (Å²) < 4.78 is 17.7. The van der Waals surface area contributed by atoms with Crippen LogP contribution in [0.25, 0.3) is 6.08 Å². The predicted molar refractivity (Wildman–Crippen MR) is 122 cm³/mol. The number of aliphatic hydroxyl groups excluding tert-OH is 1. The molecule has 0 saturated carbocycles. The first-order chi connectivity index (χ1) is 15.1. The molecule has 0 aromatic heterocycles. The smallest absolute Gasteiger partial charge is 0.202 e. The van der Waals surface area contributed by atoms with Crippen LogP contribution in [0, 0.1) is 0 Å². The minimum Gasteiger partial charge on any atom is -0.506 e. The number of methoxy groups -OCH3 is 1. The van der Waals surface area contributed by atoms with Crippen LogP contribution in [0.1, 0.15) is 60.8 Å². The van der Waals surface area contributed by atoms with Gasteiger partial charge >= 0.3 is 0 Å². The van der Waals surface area contributed by atoms with E-state index in [9.17, 15) is 15.0 Å². The number of aromatic hydroxyl groups is 1. The van der Waals surface area contributed by atoms with E-state index in [4.69, 9.17) is 14.2 Å². The average molecular weight is 437 g/mol. The molecule has 0 bridgehead atoms. The molecule has 2 aromatic carbocycles. The molecule has 0 aliphatic carbocycles. The topological polar surface area (TPSA) is 85.2 Å². The van der Waals surface area contributed by atoms with Crippen LogP contribution in [0.3, 0.4) is 0 Å². The SMILES string of the molecule is COc1ccc([C@@H]2Oc3c(CC=C(C)C)c4c(c(O)c3C(=O)[C@@H]2O)C=CC(C)(C)O4)cc1. The Hall–Kier alpha value is -3.25. The van der Waals surface area contributed by atoms with E-state index in [1.807, 2.05) is 39.8 Å². The second kappa shape index (κ2) is 8.02. The quantitative estimate of drug-likeness (QED) is 0.672. The van der Waals surface area contributed by atoms with Gasteiger partial charge in [0.05, 0.1) is 12.7 Å². The summed E-state index contributed by atoms with van der Waals surface area (Å²) in [7, 11) is 1.57. The number of carbonyl (C=O) groups is 1. The maximum atomic E-state index is 13.3. The third-order valence-electron chi connectivity index (χ3n) is 5.73. The Kier molecular flexibility index (Phi) is 5.51. The molecule has 2 aromatic rings. The Morgan fingerprint density at radius 3 is 2.50 bits per heavy atom. The van der Waals surface area contributed by atoms with Crippen molar-refractivity contribution in [3.8, 4) is 23.0 Å².